The Morgan fingerprint density at radius 2 is 1.08 bits per heavy atom. The first-order chi connectivity index (χ1) is 17.2. The number of carbonyl (C=O) groups excluding carboxylic acids is 2. The van der Waals surface area contributed by atoms with E-state index in [1.165, 1.54) is 29.2 Å². The monoisotopic (exact) mass is 540 g/mol. The second-order valence-electron chi connectivity index (χ2n) is 7.92. The molecule has 0 bridgehead atoms. The van der Waals surface area contributed by atoms with Crippen LogP contribution in [0.5, 0.6) is 0 Å². The summed E-state index contributed by atoms with van der Waals surface area (Å²) in [4.78, 5) is 44.5. The second kappa shape index (κ2) is 14.4. The van der Waals surface area contributed by atoms with Gasteiger partial charge in [0.05, 0.1) is 23.8 Å². The third-order valence-electron chi connectivity index (χ3n) is 5.42. The lowest BCUT2D eigenvalue weighted by molar-refractivity contribution is -0.108. The Morgan fingerprint density at radius 3 is 1.42 bits per heavy atom. The highest BCUT2D eigenvalue weighted by molar-refractivity contribution is 7.62. The highest BCUT2D eigenvalue weighted by Crippen LogP contribution is 2.46. The van der Waals surface area contributed by atoms with Crippen LogP contribution in [-0.2, 0) is 27.8 Å². The van der Waals surface area contributed by atoms with Crippen LogP contribution in [0.1, 0.15) is 39.5 Å². The van der Waals surface area contributed by atoms with E-state index in [0.29, 0.717) is 36.2 Å². The highest BCUT2D eigenvalue weighted by Gasteiger charge is 2.26. The van der Waals surface area contributed by atoms with Gasteiger partial charge in [0, 0.05) is 24.5 Å². The van der Waals surface area contributed by atoms with Crippen molar-refractivity contribution in [3.8, 4) is 0 Å². The molecule has 0 heterocycles. The Labute approximate surface area is 211 Å². The minimum Gasteiger partial charge on any atom is -0.321 e. The fourth-order valence-corrected chi connectivity index (χ4v) is 5.70. The smallest absolute Gasteiger partial charge is 0.321 e. The van der Waals surface area contributed by atoms with Gasteiger partial charge in [-0.05, 0) is 75.2 Å². The molecular weight excluding hydrogens is 506 g/mol. The van der Waals surface area contributed by atoms with Crippen LogP contribution in [0.2, 0.25) is 0 Å². The topological polar surface area (TPSA) is 134 Å². The zero-order valence-corrected chi connectivity index (χ0v) is 22.4. The van der Waals surface area contributed by atoms with Gasteiger partial charge in [0.25, 0.3) is 0 Å². The van der Waals surface area contributed by atoms with Gasteiger partial charge in [-0.1, -0.05) is 12.8 Å². The molecule has 198 valence electrons. The van der Waals surface area contributed by atoms with E-state index in [2.05, 4.69) is 0 Å². The third-order valence-corrected chi connectivity index (χ3v) is 8.51. The number of amides is 2. The van der Waals surface area contributed by atoms with Crippen LogP contribution in [0.25, 0.3) is 0 Å². The fourth-order valence-electron chi connectivity index (χ4n) is 3.59. The molecule has 0 aromatic heterocycles. The normalized spacial score (nSPS) is 11.8. The number of carbonyl (C=O) groups is 2. The quantitative estimate of drug-likeness (QED) is 0.177. The zero-order chi connectivity index (χ0) is 26.6. The Balaban J connectivity index is 1.82. The SMILES string of the molecule is CCOP(=O)(OCC)c1ccc(N(C=O)CCCCCCN(C=O)c2ccc(P(=O)(O)O)cc2)cc1. The number of benzene rings is 2. The summed E-state index contributed by atoms with van der Waals surface area (Å²) in [5.74, 6) is 0. The molecule has 2 aromatic rings. The van der Waals surface area contributed by atoms with Gasteiger partial charge in [0.2, 0.25) is 12.8 Å². The molecule has 2 amide bonds. The van der Waals surface area contributed by atoms with Gasteiger partial charge in [-0.3, -0.25) is 18.7 Å². The molecule has 10 nitrogen and oxygen atoms in total. The largest absolute Gasteiger partial charge is 0.361 e. The molecule has 0 saturated heterocycles. The van der Waals surface area contributed by atoms with Crippen molar-refractivity contribution in [3.63, 3.8) is 0 Å². The lowest BCUT2D eigenvalue weighted by Gasteiger charge is -2.20. The van der Waals surface area contributed by atoms with Gasteiger partial charge in [-0.15, -0.1) is 0 Å². The third kappa shape index (κ3) is 8.66. The maximum Gasteiger partial charge on any atom is 0.361 e. The fraction of sp³-hybridized carbons (Fsp3) is 0.417. The van der Waals surface area contributed by atoms with E-state index in [-0.39, 0.29) is 18.5 Å². The van der Waals surface area contributed by atoms with Crippen molar-refractivity contribution >= 4 is 50.0 Å². The van der Waals surface area contributed by atoms with E-state index in [1.54, 1.807) is 43.0 Å². The molecular formula is C24H34N2O8P2. The lowest BCUT2D eigenvalue weighted by Crippen LogP contribution is -2.23. The van der Waals surface area contributed by atoms with Crippen LogP contribution in [0, 0.1) is 0 Å². The number of nitrogens with zero attached hydrogens (tertiary/aromatic N) is 2. The predicted octanol–water partition coefficient (Wildman–Crippen LogP) is 3.57. The summed E-state index contributed by atoms with van der Waals surface area (Å²) in [5, 5.41) is 0.348. The number of anilines is 2. The molecule has 36 heavy (non-hydrogen) atoms. The van der Waals surface area contributed by atoms with Crippen LogP contribution in [-0.4, -0.2) is 48.9 Å². The summed E-state index contributed by atoms with van der Waals surface area (Å²) >= 11 is 0. The van der Waals surface area contributed by atoms with Crippen molar-refractivity contribution in [2.45, 2.75) is 39.5 Å². The maximum atomic E-state index is 12.9. The Kier molecular flexibility index (Phi) is 12.0. The summed E-state index contributed by atoms with van der Waals surface area (Å²) in [5.41, 5.74) is 1.25. The average molecular weight is 540 g/mol. The molecule has 0 aliphatic rings. The molecule has 0 radical (unpaired) electrons. The standard InChI is InChI=1S/C24H34N2O8P2/c1-3-33-36(32,34-4-2)24-15-11-22(12-16-24)26(20-28)18-8-6-5-7-17-25(19-27)21-9-13-23(14-10-21)35(29,30)31/h9-16,19-20H,3-8,17-18H2,1-2H3,(H2,29,30,31). The maximum absolute atomic E-state index is 12.9. The van der Waals surface area contributed by atoms with Crippen LogP contribution >= 0.6 is 15.2 Å². The van der Waals surface area contributed by atoms with Crippen molar-refractivity contribution in [1.29, 1.82) is 0 Å². The van der Waals surface area contributed by atoms with Crippen LogP contribution in [0.3, 0.4) is 0 Å². The molecule has 0 aliphatic heterocycles. The molecule has 0 spiro atoms. The molecule has 2 aromatic carbocycles. The molecule has 0 fully saturated rings. The van der Waals surface area contributed by atoms with E-state index in [0.717, 1.165) is 32.1 Å². The van der Waals surface area contributed by atoms with E-state index in [9.17, 15) is 28.5 Å². The summed E-state index contributed by atoms with van der Waals surface area (Å²) in [6.07, 6.45) is 4.63. The average Bonchev–Trinajstić information content (AvgIpc) is 2.86. The highest BCUT2D eigenvalue weighted by atomic mass is 31.2. The Hall–Kier alpha value is -2.32. The molecule has 12 heteroatoms. The van der Waals surface area contributed by atoms with Crippen LogP contribution in [0.15, 0.2) is 48.5 Å². The molecule has 0 unspecified atom stereocenters. The predicted molar refractivity (Wildman–Crippen MR) is 140 cm³/mol. The first-order valence-electron chi connectivity index (χ1n) is 11.8. The van der Waals surface area contributed by atoms with E-state index >= 15 is 0 Å². The molecule has 0 saturated carbocycles. The van der Waals surface area contributed by atoms with Crippen molar-refractivity contribution in [2.75, 3.05) is 36.1 Å². The van der Waals surface area contributed by atoms with E-state index in [1.807, 2.05) is 0 Å². The van der Waals surface area contributed by atoms with Gasteiger partial charge in [0.1, 0.15) is 0 Å². The summed E-state index contributed by atoms with van der Waals surface area (Å²) in [6, 6.07) is 12.4. The molecule has 2 rings (SSSR count). The Morgan fingerprint density at radius 1 is 0.694 bits per heavy atom. The van der Waals surface area contributed by atoms with Crippen LogP contribution < -0.4 is 20.4 Å². The van der Waals surface area contributed by atoms with Gasteiger partial charge in [-0.25, -0.2) is 0 Å². The minimum atomic E-state index is -4.32. The molecule has 0 aliphatic carbocycles. The first kappa shape index (κ1) is 29.9. The van der Waals surface area contributed by atoms with Crippen molar-refractivity contribution in [3.05, 3.63) is 48.5 Å². The summed E-state index contributed by atoms with van der Waals surface area (Å²) < 4.78 is 34.9. The van der Waals surface area contributed by atoms with Gasteiger partial charge < -0.3 is 28.6 Å². The molecule has 0 atom stereocenters. The number of hydrogen-bond acceptors (Lipinski definition) is 6. The minimum absolute atomic E-state index is 0.0935. The zero-order valence-electron chi connectivity index (χ0n) is 20.6. The second-order valence-corrected chi connectivity index (χ2v) is 11.6. The van der Waals surface area contributed by atoms with Crippen molar-refractivity contribution in [2.24, 2.45) is 0 Å². The van der Waals surface area contributed by atoms with Crippen molar-refractivity contribution in [1.82, 2.24) is 0 Å². The van der Waals surface area contributed by atoms with Gasteiger partial charge >= 0.3 is 15.2 Å². The van der Waals surface area contributed by atoms with Crippen LogP contribution in [0.4, 0.5) is 11.4 Å². The van der Waals surface area contributed by atoms with Gasteiger partial charge in [0.15, 0.2) is 0 Å². The first-order valence-corrected chi connectivity index (χ1v) is 14.9. The van der Waals surface area contributed by atoms with Gasteiger partial charge in [-0.2, -0.15) is 0 Å². The number of unbranched alkanes of at least 4 members (excludes halogenated alkanes) is 3. The number of hydrogen-bond donors (Lipinski definition) is 2. The Bertz CT molecular complexity index is 1050. The summed E-state index contributed by atoms with van der Waals surface area (Å²) in [6.45, 7) is 4.99. The molecule has 2 N–H and O–H groups in total. The van der Waals surface area contributed by atoms with E-state index in [4.69, 9.17) is 9.05 Å². The summed E-state index contributed by atoms with van der Waals surface area (Å²) in [7, 11) is -7.70. The van der Waals surface area contributed by atoms with E-state index < -0.39 is 15.2 Å². The van der Waals surface area contributed by atoms with Crippen molar-refractivity contribution < 1.29 is 37.6 Å². The lowest BCUT2D eigenvalue weighted by atomic mass is 10.1. The number of rotatable bonds is 17.